The molecule has 2 atom stereocenters. The highest BCUT2D eigenvalue weighted by molar-refractivity contribution is 5.88. The average molecular weight is 351 g/mol. The number of carbonyl (C=O) groups excluding carboxylic acids is 1. The third kappa shape index (κ3) is 3.59. The number of nitrogens with zero attached hydrogens (tertiary/aromatic N) is 1. The van der Waals surface area contributed by atoms with Crippen LogP contribution in [0.5, 0.6) is 0 Å². The Kier molecular flexibility index (Phi) is 4.91. The van der Waals surface area contributed by atoms with Crippen LogP contribution in [0, 0.1) is 0 Å². The Labute approximate surface area is 154 Å². The molecule has 0 saturated carbocycles. The van der Waals surface area contributed by atoms with Crippen LogP contribution >= 0.6 is 0 Å². The Balaban J connectivity index is 1.27. The molecule has 2 aromatic carbocycles. The quantitative estimate of drug-likeness (QED) is 0.768. The molecule has 3 N–H and O–H groups in total. The Bertz CT molecular complexity index is 792. The van der Waals surface area contributed by atoms with Crippen molar-refractivity contribution in [3.05, 3.63) is 65.2 Å². The van der Waals surface area contributed by atoms with Gasteiger partial charge in [-0.05, 0) is 29.2 Å². The number of para-hydroxylation sites is 1. The van der Waals surface area contributed by atoms with Crippen molar-refractivity contribution in [2.75, 3.05) is 31.5 Å². The summed E-state index contributed by atoms with van der Waals surface area (Å²) >= 11 is 0. The lowest BCUT2D eigenvalue weighted by atomic mass is 9.99. The van der Waals surface area contributed by atoms with Crippen molar-refractivity contribution >= 4 is 11.6 Å². The summed E-state index contributed by atoms with van der Waals surface area (Å²) in [5, 5.41) is 16.5. The number of carbonyl (C=O) groups is 1. The Morgan fingerprint density at radius 1 is 1.19 bits per heavy atom. The number of hydrogen-bond donors (Lipinski definition) is 3. The molecular formula is C21H25N3O2. The number of aliphatic hydroxyl groups excluding tert-OH is 1. The van der Waals surface area contributed by atoms with Crippen molar-refractivity contribution in [2.45, 2.75) is 25.0 Å². The molecule has 5 nitrogen and oxygen atoms in total. The van der Waals surface area contributed by atoms with E-state index in [9.17, 15) is 9.90 Å². The molecule has 0 bridgehead atoms. The van der Waals surface area contributed by atoms with Gasteiger partial charge in [-0.1, -0.05) is 42.5 Å². The summed E-state index contributed by atoms with van der Waals surface area (Å²) in [7, 11) is 0. The van der Waals surface area contributed by atoms with Crippen LogP contribution in [0.25, 0.3) is 0 Å². The van der Waals surface area contributed by atoms with Gasteiger partial charge < -0.3 is 15.7 Å². The van der Waals surface area contributed by atoms with Gasteiger partial charge in [-0.2, -0.15) is 0 Å². The molecule has 1 amide bonds. The minimum absolute atomic E-state index is 0.0227. The molecule has 1 unspecified atom stereocenters. The maximum absolute atomic E-state index is 12.5. The predicted molar refractivity (Wildman–Crippen MR) is 102 cm³/mol. The Morgan fingerprint density at radius 3 is 2.85 bits per heavy atom. The van der Waals surface area contributed by atoms with Crippen LogP contribution in [0.2, 0.25) is 0 Å². The van der Waals surface area contributed by atoms with Gasteiger partial charge in [0.2, 0.25) is 5.91 Å². The molecule has 0 fully saturated rings. The van der Waals surface area contributed by atoms with E-state index in [0.29, 0.717) is 13.1 Å². The second-order valence-electron chi connectivity index (χ2n) is 7.17. The van der Waals surface area contributed by atoms with Gasteiger partial charge >= 0.3 is 0 Å². The van der Waals surface area contributed by atoms with E-state index in [0.717, 1.165) is 30.8 Å². The van der Waals surface area contributed by atoms with E-state index in [1.807, 2.05) is 24.3 Å². The summed E-state index contributed by atoms with van der Waals surface area (Å²) < 4.78 is 0. The van der Waals surface area contributed by atoms with Gasteiger partial charge in [-0.25, -0.2) is 0 Å². The first-order valence-electron chi connectivity index (χ1n) is 9.28. The van der Waals surface area contributed by atoms with Crippen molar-refractivity contribution in [3.63, 3.8) is 0 Å². The predicted octanol–water partition coefficient (Wildman–Crippen LogP) is 1.73. The van der Waals surface area contributed by atoms with Crippen LogP contribution in [0.15, 0.2) is 48.5 Å². The SMILES string of the molecule is O=C(NC[C@H](O)CN1CCc2ccccc2C1)C1CNc2ccccc21. The Morgan fingerprint density at radius 2 is 1.96 bits per heavy atom. The number of nitrogens with one attached hydrogen (secondary N) is 2. The Hall–Kier alpha value is -2.37. The minimum Gasteiger partial charge on any atom is -0.390 e. The molecule has 2 aliphatic rings. The number of hydrogen-bond acceptors (Lipinski definition) is 4. The summed E-state index contributed by atoms with van der Waals surface area (Å²) in [6.45, 7) is 3.29. The molecule has 0 aromatic heterocycles. The van der Waals surface area contributed by atoms with Crippen molar-refractivity contribution in [3.8, 4) is 0 Å². The number of aliphatic hydroxyl groups is 1. The van der Waals surface area contributed by atoms with Crippen molar-refractivity contribution in [1.29, 1.82) is 0 Å². The van der Waals surface area contributed by atoms with E-state index in [1.165, 1.54) is 11.1 Å². The molecule has 0 aliphatic carbocycles. The molecule has 2 heterocycles. The van der Waals surface area contributed by atoms with E-state index < -0.39 is 6.10 Å². The first-order valence-corrected chi connectivity index (χ1v) is 9.28. The number of fused-ring (bicyclic) bond motifs is 2. The van der Waals surface area contributed by atoms with Crippen LogP contribution in [-0.2, 0) is 17.8 Å². The fourth-order valence-corrected chi connectivity index (χ4v) is 3.93. The smallest absolute Gasteiger partial charge is 0.229 e. The lowest BCUT2D eigenvalue weighted by molar-refractivity contribution is -0.122. The lowest BCUT2D eigenvalue weighted by Gasteiger charge is -2.30. The van der Waals surface area contributed by atoms with Gasteiger partial charge in [0.15, 0.2) is 0 Å². The molecule has 2 aliphatic heterocycles. The fourth-order valence-electron chi connectivity index (χ4n) is 3.93. The molecule has 0 saturated heterocycles. The van der Waals surface area contributed by atoms with Crippen molar-refractivity contribution in [2.24, 2.45) is 0 Å². The van der Waals surface area contributed by atoms with E-state index in [1.54, 1.807) is 0 Å². The normalized spacial score (nSPS) is 20.0. The molecule has 5 heteroatoms. The standard InChI is InChI=1S/C21H25N3O2/c25-17(14-24-10-9-15-5-1-2-6-16(15)13-24)11-23-21(26)19-12-22-20-8-4-3-7-18(19)20/h1-8,17,19,22,25H,9-14H2,(H,23,26)/t17-,19?/m0/s1. The summed E-state index contributed by atoms with van der Waals surface area (Å²) in [6, 6.07) is 16.4. The average Bonchev–Trinajstić information content (AvgIpc) is 3.10. The van der Waals surface area contributed by atoms with Gasteiger partial charge in [0.05, 0.1) is 12.0 Å². The highest BCUT2D eigenvalue weighted by Crippen LogP contribution is 2.30. The number of rotatable bonds is 5. The number of amides is 1. The first-order chi connectivity index (χ1) is 12.7. The summed E-state index contributed by atoms with van der Waals surface area (Å²) in [5.74, 6) is -0.203. The van der Waals surface area contributed by atoms with Crippen molar-refractivity contribution < 1.29 is 9.90 Å². The third-order valence-electron chi connectivity index (χ3n) is 5.34. The number of benzene rings is 2. The van der Waals surface area contributed by atoms with Crippen LogP contribution in [-0.4, -0.2) is 48.2 Å². The molecule has 4 rings (SSSR count). The zero-order valence-corrected chi connectivity index (χ0v) is 14.8. The van der Waals surface area contributed by atoms with Crippen LogP contribution in [0.1, 0.15) is 22.6 Å². The molecule has 0 radical (unpaired) electrons. The van der Waals surface area contributed by atoms with Crippen molar-refractivity contribution in [1.82, 2.24) is 10.2 Å². The third-order valence-corrected chi connectivity index (χ3v) is 5.34. The second-order valence-corrected chi connectivity index (χ2v) is 7.17. The number of β-amino-alcohol motifs (C(OH)–C–C–N with tert-alkyl or cyclic N) is 1. The summed E-state index contributed by atoms with van der Waals surface area (Å²) in [6.07, 6.45) is 0.452. The van der Waals surface area contributed by atoms with E-state index in [-0.39, 0.29) is 18.4 Å². The van der Waals surface area contributed by atoms with Gasteiger partial charge in [-0.15, -0.1) is 0 Å². The highest BCUT2D eigenvalue weighted by atomic mass is 16.3. The minimum atomic E-state index is -0.561. The highest BCUT2D eigenvalue weighted by Gasteiger charge is 2.28. The molecule has 2 aromatic rings. The molecular weight excluding hydrogens is 326 g/mol. The van der Waals surface area contributed by atoms with Crippen LogP contribution in [0.4, 0.5) is 5.69 Å². The topological polar surface area (TPSA) is 64.6 Å². The zero-order valence-electron chi connectivity index (χ0n) is 14.8. The van der Waals surface area contributed by atoms with E-state index in [2.05, 4.69) is 39.8 Å². The molecule has 136 valence electrons. The van der Waals surface area contributed by atoms with Crippen LogP contribution in [0.3, 0.4) is 0 Å². The molecule has 26 heavy (non-hydrogen) atoms. The first kappa shape index (κ1) is 17.1. The number of anilines is 1. The van der Waals surface area contributed by atoms with Gasteiger partial charge in [0.25, 0.3) is 0 Å². The van der Waals surface area contributed by atoms with Gasteiger partial charge in [0.1, 0.15) is 0 Å². The van der Waals surface area contributed by atoms with E-state index in [4.69, 9.17) is 0 Å². The maximum Gasteiger partial charge on any atom is 0.229 e. The maximum atomic E-state index is 12.5. The fraction of sp³-hybridized carbons (Fsp3) is 0.381. The second kappa shape index (κ2) is 7.48. The van der Waals surface area contributed by atoms with Gasteiger partial charge in [0, 0.05) is 38.4 Å². The van der Waals surface area contributed by atoms with Gasteiger partial charge in [-0.3, -0.25) is 9.69 Å². The lowest BCUT2D eigenvalue weighted by Crippen LogP contribution is -2.43. The van der Waals surface area contributed by atoms with Crippen LogP contribution < -0.4 is 10.6 Å². The summed E-state index contributed by atoms with van der Waals surface area (Å²) in [5.41, 5.74) is 4.80. The monoisotopic (exact) mass is 351 g/mol. The summed E-state index contributed by atoms with van der Waals surface area (Å²) in [4.78, 5) is 14.7. The largest absolute Gasteiger partial charge is 0.390 e. The molecule has 0 spiro atoms. The zero-order chi connectivity index (χ0) is 17.9. The van der Waals surface area contributed by atoms with E-state index >= 15 is 0 Å².